The molecule has 1 unspecified atom stereocenters. The molecular weight excluding hydrogens is 583 g/mol. The van der Waals surface area contributed by atoms with Crippen LogP contribution in [0, 0.1) is 10.7 Å². The molecule has 1 fully saturated rings. The third-order valence-electron chi connectivity index (χ3n) is 3.24. The van der Waals surface area contributed by atoms with Crippen LogP contribution in [-0.4, -0.2) is 24.7 Å². The van der Waals surface area contributed by atoms with Gasteiger partial charge in [0.15, 0.2) is 5.60 Å². The van der Waals surface area contributed by atoms with E-state index in [9.17, 15) is 4.79 Å². The molecule has 1 aromatic rings. The fraction of sp³-hybridized carbons (Fsp3) is 0.462. The molecular formula is C13H15I3NO2+. The monoisotopic (exact) mass is 598 g/mol. The Bertz CT molecular complexity index is 499. The van der Waals surface area contributed by atoms with E-state index in [0.29, 0.717) is 5.56 Å². The fourth-order valence-electron chi connectivity index (χ4n) is 2.21. The summed E-state index contributed by atoms with van der Waals surface area (Å²) in [5, 5.41) is 2.22. The highest BCUT2D eigenvalue weighted by molar-refractivity contribution is 14.1. The molecule has 3 nitrogen and oxygen atoms in total. The maximum Gasteiger partial charge on any atom is 0.340 e. The summed E-state index contributed by atoms with van der Waals surface area (Å²) in [6.45, 7) is 4.02. The molecule has 0 saturated carbocycles. The summed E-state index contributed by atoms with van der Waals surface area (Å²) < 4.78 is 8.91. The molecule has 1 aliphatic rings. The lowest BCUT2D eigenvalue weighted by molar-refractivity contribution is -0.675. The Hall–Kier alpha value is 0.840. The van der Waals surface area contributed by atoms with Crippen molar-refractivity contribution in [2.24, 2.45) is 0 Å². The van der Waals surface area contributed by atoms with Crippen LogP contribution >= 0.6 is 67.8 Å². The molecule has 0 aliphatic carbocycles. The average molecular weight is 598 g/mol. The van der Waals surface area contributed by atoms with Crippen molar-refractivity contribution in [3.63, 3.8) is 0 Å². The van der Waals surface area contributed by atoms with Gasteiger partial charge in [0.05, 0.1) is 12.1 Å². The lowest BCUT2D eigenvalue weighted by Gasteiger charge is -2.31. The minimum absolute atomic E-state index is 0.196. The zero-order valence-corrected chi connectivity index (χ0v) is 17.0. The number of quaternary nitrogens is 1. The van der Waals surface area contributed by atoms with Crippen LogP contribution in [0.25, 0.3) is 0 Å². The number of halogens is 3. The number of esters is 1. The van der Waals surface area contributed by atoms with Gasteiger partial charge in [0, 0.05) is 17.1 Å². The first kappa shape index (κ1) is 16.2. The molecule has 0 amide bonds. The van der Waals surface area contributed by atoms with E-state index in [2.05, 4.69) is 79.2 Å². The molecule has 104 valence electrons. The number of carbonyl (C=O) groups is 1. The van der Waals surface area contributed by atoms with E-state index in [1.165, 1.54) is 0 Å². The second kappa shape index (κ2) is 6.73. The van der Waals surface area contributed by atoms with Crippen LogP contribution in [0.4, 0.5) is 0 Å². The molecule has 2 rings (SSSR count). The van der Waals surface area contributed by atoms with Crippen molar-refractivity contribution in [3.8, 4) is 0 Å². The van der Waals surface area contributed by atoms with Gasteiger partial charge in [0.25, 0.3) is 0 Å². The number of piperidine rings is 1. The molecule has 6 heteroatoms. The minimum Gasteiger partial charge on any atom is -0.450 e. The Morgan fingerprint density at radius 2 is 2.11 bits per heavy atom. The van der Waals surface area contributed by atoms with Gasteiger partial charge in [0.2, 0.25) is 0 Å². The van der Waals surface area contributed by atoms with Crippen LogP contribution in [-0.2, 0) is 4.74 Å². The summed E-state index contributed by atoms with van der Waals surface area (Å²) in [6, 6.07) is 3.97. The number of hydrogen-bond acceptors (Lipinski definition) is 2. The van der Waals surface area contributed by atoms with Crippen molar-refractivity contribution in [1.82, 2.24) is 0 Å². The molecule has 1 aliphatic heterocycles. The Morgan fingerprint density at radius 3 is 2.74 bits per heavy atom. The first-order valence-electron chi connectivity index (χ1n) is 6.11. The number of carbonyl (C=O) groups excluding carboxylic acids is 1. The van der Waals surface area contributed by atoms with Gasteiger partial charge in [-0.3, -0.25) is 0 Å². The van der Waals surface area contributed by atoms with E-state index in [-0.39, 0.29) is 11.6 Å². The van der Waals surface area contributed by atoms with Gasteiger partial charge in [-0.1, -0.05) is 0 Å². The lowest BCUT2D eigenvalue weighted by Crippen LogP contribution is -2.90. The van der Waals surface area contributed by atoms with Gasteiger partial charge in [-0.2, -0.15) is 0 Å². The van der Waals surface area contributed by atoms with E-state index in [1.807, 2.05) is 13.0 Å². The highest BCUT2D eigenvalue weighted by atomic mass is 127. The third-order valence-corrected chi connectivity index (χ3v) is 6.91. The smallest absolute Gasteiger partial charge is 0.340 e. The SMILES string of the molecule is CC1(OC(=O)c2cc(I)cc(I)c2I)CCC[NH2+]C1. The zero-order chi connectivity index (χ0) is 14.0. The van der Waals surface area contributed by atoms with Crippen LogP contribution in [0.15, 0.2) is 12.1 Å². The highest BCUT2D eigenvalue weighted by Gasteiger charge is 2.34. The number of benzene rings is 1. The van der Waals surface area contributed by atoms with Crippen molar-refractivity contribution < 1.29 is 14.8 Å². The average Bonchev–Trinajstić information content (AvgIpc) is 2.34. The lowest BCUT2D eigenvalue weighted by atomic mass is 9.96. The molecule has 0 radical (unpaired) electrons. The first-order valence-corrected chi connectivity index (χ1v) is 9.34. The predicted molar refractivity (Wildman–Crippen MR) is 99.3 cm³/mol. The van der Waals surface area contributed by atoms with Crippen molar-refractivity contribution in [2.45, 2.75) is 25.4 Å². The summed E-state index contributed by atoms with van der Waals surface area (Å²) >= 11 is 6.71. The summed E-state index contributed by atoms with van der Waals surface area (Å²) in [4.78, 5) is 12.4. The third kappa shape index (κ3) is 4.16. The van der Waals surface area contributed by atoms with E-state index >= 15 is 0 Å². The molecule has 0 spiro atoms. The van der Waals surface area contributed by atoms with Crippen LogP contribution in [0.1, 0.15) is 30.1 Å². The Morgan fingerprint density at radius 1 is 1.37 bits per heavy atom. The molecule has 1 saturated heterocycles. The van der Waals surface area contributed by atoms with Gasteiger partial charge >= 0.3 is 5.97 Å². The Kier molecular flexibility index (Phi) is 5.75. The molecule has 1 atom stereocenters. The second-order valence-electron chi connectivity index (χ2n) is 4.97. The van der Waals surface area contributed by atoms with Crippen LogP contribution in [0.2, 0.25) is 0 Å². The molecule has 0 bridgehead atoms. The van der Waals surface area contributed by atoms with Gasteiger partial charge in [-0.05, 0) is 93.2 Å². The second-order valence-corrected chi connectivity index (χ2v) is 8.46. The van der Waals surface area contributed by atoms with Crippen molar-refractivity contribution in [1.29, 1.82) is 0 Å². The molecule has 19 heavy (non-hydrogen) atoms. The molecule has 1 aromatic carbocycles. The van der Waals surface area contributed by atoms with Gasteiger partial charge in [-0.25, -0.2) is 4.79 Å². The van der Waals surface area contributed by atoms with Crippen LogP contribution in [0.5, 0.6) is 0 Å². The number of hydrogen-bond donors (Lipinski definition) is 1. The zero-order valence-electron chi connectivity index (χ0n) is 10.5. The van der Waals surface area contributed by atoms with E-state index < -0.39 is 0 Å². The van der Waals surface area contributed by atoms with Gasteiger partial charge in [-0.15, -0.1) is 0 Å². The summed E-state index contributed by atoms with van der Waals surface area (Å²) in [5.74, 6) is -0.196. The van der Waals surface area contributed by atoms with Crippen molar-refractivity contribution in [2.75, 3.05) is 13.1 Å². The number of rotatable bonds is 2. The van der Waals surface area contributed by atoms with Crippen LogP contribution < -0.4 is 5.32 Å². The highest BCUT2D eigenvalue weighted by Crippen LogP contribution is 2.26. The Labute approximate surface area is 154 Å². The summed E-state index contributed by atoms with van der Waals surface area (Å²) in [6.07, 6.45) is 2.05. The fourth-order valence-corrected chi connectivity index (χ4v) is 4.58. The molecule has 2 N–H and O–H groups in total. The van der Waals surface area contributed by atoms with E-state index in [1.54, 1.807) is 0 Å². The quantitative estimate of drug-likeness (QED) is 0.324. The number of nitrogens with two attached hydrogens (primary N) is 1. The van der Waals surface area contributed by atoms with Gasteiger partial charge in [0.1, 0.15) is 6.54 Å². The molecule has 1 heterocycles. The predicted octanol–water partition coefficient (Wildman–Crippen LogP) is 2.77. The maximum atomic E-state index is 12.4. The summed E-state index contributed by atoms with van der Waals surface area (Å²) in [7, 11) is 0. The van der Waals surface area contributed by atoms with Crippen molar-refractivity contribution in [3.05, 3.63) is 28.4 Å². The standard InChI is InChI=1S/C13H14I3NO2/c1-13(3-2-4-17-7-13)19-12(18)9-5-8(14)6-10(15)11(9)16/h5-6,17H,2-4,7H2,1H3/p+1. The normalized spacial score (nSPS) is 23.2. The first-order chi connectivity index (χ1) is 8.91. The summed E-state index contributed by atoms with van der Waals surface area (Å²) in [5.41, 5.74) is 0.356. The van der Waals surface area contributed by atoms with E-state index in [4.69, 9.17) is 4.74 Å². The van der Waals surface area contributed by atoms with Gasteiger partial charge < -0.3 is 10.1 Å². The largest absolute Gasteiger partial charge is 0.450 e. The number of ether oxygens (including phenoxy) is 1. The minimum atomic E-state index is -0.328. The van der Waals surface area contributed by atoms with Crippen molar-refractivity contribution >= 4 is 73.7 Å². The van der Waals surface area contributed by atoms with E-state index in [0.717, 1.165) is 36.6 Å². The molecule has 0 aromatic heterocycles. The topological polar surface area (TPSA) is 42.9 Å². The van der Waals surface area contributed by atoms with Crippen LogP contribution in [0.3, 0.4) is 0 Å². The Balaban J connectivity index is 2.20. The maximum absolute atomic E-state index is 12.4.